The van der Waals surface area contributed by atoms with Crippen LogP contribution in [0.5, 0.6) is 5.75 Å². The van der Waals surface area contributed by atoms with Crippen molar-refractivity contribution in [2.45, 2.75) is 18.6 Å². The number of halogens is 2. The number of hydrogen-bond acceptors (Lipinski definition) is 9. The van der Waals surface area contributed by atoms with E-state index in [1.165, 1.54) is 28.2 Å². The molecule has 0 aliphatic carbocycles. The van der Waals surface area contributed by atoms with E-state index in [0.29, 0.717) is 18.6 Å². The van der Waals surface area contributed by atoms with Gasteiger partial charge in [0.1, 0.15) is 17.6 Å². The number of nitrogens with zero attached hydrogens (tertiary/aromatic N) is 6. The molecule has 5 rings (SSSR count). The molecule has 2 aliphatic rings. The number of aromatic nitrogens is 5. The molecule has 0 bridgehead atoms. The molecule has 0 radical (unpaired) electrons. The summed E-state index contributed by atoms with van der Waals surface area (Å²) in [6, 6.07) is 0.986. The fourth-order valence-corrected chi connectivity index (χ4v) is 5.33. The maximum absolute atomic E-state index is 14.7. The molecule has 3 aromatic rings. The summed E-state index contributed by atoms with van der Waals surface area (Å²) >= 11 is 0. The third kappa shape index (κ3) is 3.48. The Morgan fingerprint density at radius 1 is 1.28 bits per heavy atom. The standard InChI is InChI=1S/C18H20F2N8O3S/c1-31-14-5-15-22-9-13(28(15)26-17(14)27-3-2-4-32(27,29)30)16-11(20)7-23-18(25-16)24-12-8-21-6-10(12)19/h5,7,9-10,12,21H,2-4,6,8H2,1H3,(H,23,24,25). The van der Waals surface area contributed by atoms with Crippen molar-refractivity contribution in [2.75, 3.05) is 42.1 Å². The van der Waals surface area contributed by atoms with Gasteiger partial charge in [0.25, 0.3) is 0 Å². The minimum Gasteiger partial charge on any atom is -0.493 e. The number of imidazole rings is 1. The lowest BCUT2D eigenvalue weighted by molar-refractivity contribution is 0.342. The lowest BCUT2D eigenvalue weighted by Gasteiger charge is -2.18. The predicted molar refractivity (Wildman–Crippen MR) is 111 cm³/mol. The highest BCUT2D eigenvalue weighted by molar-refractivity contribution is 7.93. The third-order valence-corrected chi connectivity index (χ3v) is 7.27. The summed E-state index contributed by atoms with van der Waals surface area (Å²) < 4.78 is 61.3. The highest BCUT2D eigenvalue weighted by Gasteiger charge is 2.33. The van der Waals surface area contributed by atoms with Crippen LogP contribution in [0.1, 0.15) is 6.42 Å². The zero-order valence-electron chi connectivity index (χ0n) is 17.0. The zero-order valence-corrected chi connectivity index (χ0v) is 17.8. The molecule has 32 heavy (non-hydrogen) atoms. The molecular weight excluding hydrogens is 446 g/mol. The van der Waals surface area contributed by atoms with Crippen LogP contribution in [0.3, 0.4) is 0 Å². The van der Waals surface area contributed by atoms with Crippen molar-refractivity contribution in [3.8, 4) is 17.1 Å². The summed E-state index contributed by atoms with van der Waals surface area (Å²) in [5.41, 5.74) is 0.391. The first-order chi connectivity index (χ1) is 15.4. The van der Waals surface area contributed by atoms with Crippen molar-refractivity contribution in [2.24, 2.45) is 0 Å². The van der Waals surface area contributed by atoms with Crippen molar-refractivity contribution < 1.29 is 21.9 Å². The molecule has 2 N–H and O–H groups in total. The summed E-state index contributed by atoms with van der Waals surface area (Å²) in [6.07, 6.45) is 1.69. The summed E-state index contributed by atoms with van der Waals surface area (Å²) in [4.78, 5) is 12.3. The number of alkyl halides is 1. The third-order valence-electron chi connectivity index (χ3n) is 5.44. The lowest BCUT2D eigenvalue weighted by atomic mass is 10.2. The van der Waals surface area contributed by atoms with E-state index in [2.05, 4.69) is 30.7 Å². The Morgan fingerprint density at radius 3 is 2.81 bits per heavy atom. The van der Waals surface area contributed by atoms with Crippen molar-refractivity contribution >= 4 is 27.4 Å². The van der Waals surface area contributed by atoms with Crippen molar-refractivity contribution in [3.05, 3.63) is 24.3 Å². The Bertz CT molecular complexity index is 1280. The number of sulfonamides is 1. The van der Waals surface area contributed by atoms with Gasteiger partial charge in [-0.3, -0.25) is 0 Å². The van der Waals surface area contributed by atoms with Gasteiger partial charge < -0.3 is 15.4 Å². The first kappa shape index (κ1) is 20.8. The summed E-state index contributed by atoms with van der Waals surface area (Å²) in [5, 5.41) is 10.2. The van der Waals surface area contributed by atoms with Gasteiger partial charge in [0, 0.05) is 25.7 Å². The van der Waals surface area contributed by atoms with Gasteiger partial charge in [-0.25, -0.2) is 41.0 Å². The molecule has 2 aliphatic heterocycles. The molecular formula is C18H20F2N8O3S. The Morgan fingerprint density at radius 2 is 2.12 bits per heavy atom. The Hall–Kier alpha value is -3.13. The smallest absolute Gasteiger partial charge is 0.236 e. The Balaban J connectivity index is 1.59. The summed E-state index contributed by atoms with van der Waals surface area (Å²) in [7, 11) is -2.13. The molecule has 170 valence electrons. The highest BCUT2D eigenvalue weighted by Crippen LogP contribution is 2.33. The van der Waals surface area contributed by atoms with Crippen LogP contribution in [-0.4, -0.2) is 77.7 Å². The monoisotopic (exact) mass is 466 g/mol. The van der Waals surface area contributed by atoms with Gasteiger partial charge in [-0.1, -0.05) is 0 Å². The van der Waals surface area contributed by atoms with Crippen LogP contribution >= 0.6 is 0 Å². The van der Waals surface area contributed by atoms with E-state index in [4.69, 9.17) is 4.74 Å². The molecule has 2 unspecified atom stereocenters. The van der Waals surface area contributed by atoms with Crippen LogP contribution in [0.2, 0.25) is 0 Å². The molecule has 0 spiro atoms. The van der Waals surface area contributed by atoms with Crippen LogP contribution in [0.25, 0.3) is 17.0 Å². The van der Waals surface area contributed by atoms with Gasteiger partial charge in [-0.05, 0) is 6.42 Å². The van der Waals surface area contributed by atoms with E-state index in [9.17, 15) is 17.2 Å². The molecule has 11 nitrogen and oxygen atoms in total. The SMILES string of the molecule is COc1cc2ncc(-c3nc(NC4CNCC4F)ncc3F)n2nc1N1CCCS1(=O)=O. The molecule has 2 atom stereocenters. The summed E-state index contributed by atoms with van der Waals surface area (Å²) in [5.74, 6) is -0.348. The molecule has 0 saturated carbocycles. The maximum Gasteiger partial charge on any atom is 0.236 e. The van der Waals surface area contributed by atoms with Gasteiger partial charge in [0.15, 0.2) is 17.2 Å². The predicted octanol–water partition coefficient (Wildman–Crippen LogP) is 0.596. The fraction of sp³-hybridized carbons (Fsp3) is 0.444. The Kier molecular flexibility index (Phi) is 5.04. The molecule has 0 aromatic carbocycles. The van der Waals surface area contributed by atoms with Crippen LogP contribution in [0, 0.1) is 5.82 Å². The quantitative estimate of drug-likeness (QED) is 0.556. The van der Waals surface area contributed by atoms with Crippen LogP contribution < -0.4 is 19.7 Å². The van der Waals surface area contributed by atoms with Crippen molar-refractivity contribution in [1.82, 2.24) is 29.9 Å². The van der Waals surface area contributed by atoms with Gasteiger partial charge in [0.05, 0.1) is 31.3 Å². The Labute approximate surface area is 181 Å². The van der Waals surface area contributed by atoms with E-state index in [-0.39, 0.29) is 47.7 Å². The first-order valence-electron chi connectivity index (χ1n) is 9.95. The zero-order chi connectivity index (χ0) is 22.5. The van der Waals surface area contributed by atoms with E-state index >= 15 is 0 Å². The van der Waals surface area contributed by atoms with Gasteiger partial charge >= 0.3 is 0 Å². The number of fused-ring (bicyclic) bond motifs is 1. The van der Waals surface area contributed by atoms with Gasteiger partial charge in [-0.15, -0.1) is 5.10 Å². The molecule has 5 heterocycles. The second-order valence-corrected chi connectivity index (χ2v) is 9.52. The van der Waals surface area contributed by atoms with E-state index in [1.807, 2.05) is 0 Å². The van der Waals surface area contributed by atoms with E-state index in [0.717, 1.165) is 6.20 Å². The normalized spacial score (nSPS) is 22.5. The number of rotatable bonds is 5. The molecule has 2 saturated heterocycles. The van der Waals surface area contributed by atoms with Crippen LogP contribution in [0.15, 0.2) is 18.5 Å². The second-order valence-electron chi connectivity index (χ2n) is 7.51. The van der Waals surface area contributed by atoms with E-state index < -0.39 is 28.1 Å². The number of anilines is 2. The first-order valence-corrected chi connectivity index (χ1v) is 11.6. The molecule has 2 fully saturated rings. The maximum atomic E-state index is 14.7. The number of methoxy groups -OCH3 is 1. The van der Waals surface area contributed by atoms with Gasteiger partial charge in [-0.2, -0.15) is 0 Å². The van der Waals surface area contributed by atoms with Gasteiger partial charge in [0.2, 0.25) is 21.8 Å². The topological polar surface area (TPSA) is 127 Å². The average Bonchev–Trinajstić information content (AvgIpc) is 3.46. The van der Waals surface area contributed by atoms with E-state index in [1.54, 1.807) is 0 Å². The largest absolute Gasteiger partial charge is 0.493 e. The number of nitrogens with one attached hydrogen (secondary N) is 2. The minimum absolute atomic E-state index is 0.00775. The second kappa shape index (κ2) is 7.78. The van der Waals surface area contributed by atoms with Crippen LogP contribution in [0.4, 0.5) is 20.5 Å². The molecule has 14 heteroatoms. The fourth-order valence-electron chi connectivity index (χ4n) is 3.82. The average molecular weight is 466 g/mol. The van der Waals surface area contributed by atoms with Crippen molar-refractivity contribution in [3.63, 3.8) is 0 Å². The lowest BCUT2D eigenvalue weighted by Crippen LogP contribution is -2.30. The molecule has 0 amide bonds. The minimum atomic E-state index is -3.53. The number of ether oxygens (including phenoxy) is 1. The van der Waals surface area contributed by atoms with Crippen molar-refractivity contribution in [1.29, 1.82) is 0 Å². The highest BCUT2D eigenvalue weighted by atomic mass is 32.2. The summed E-state index contributed by atoms with van der Waals surface area (Å²) in [6.45, 7) is 0.867. The number of hydrogen-bond donors (Lipinski definition) is 2. The molecule has 3 aromatic heterocycles. The van der Waals surface area contributed by atoms with Crippen LogP contribution in [-0.2, 0) is 10.0 Å².